The van der Waals surface area contributed by atoms with E-state index in [2.05, 4.69) is 199 Å². The molecule has 7 aromatic rings. The van der Waals surface area contributed by atoms with E-state index in [9.17, 15) is 0 Å². The second-order valence-corrected chi connectivity index (χ2v) is 13.8. The van der Waals surface area contributed by atoms with Gasteiger partial charge in [-0.3, -0.25) is 5.32 Å². The van der Waals surface area contributed by atoms with Crippen molar-refractivity contribution in [2.45, 2.75) is 17.6 Å². The predicted molar refractivity (Wildman–Crippen MR) is 206 cm³/mol. The third kappa shape index (κ3) is 4.55. The van der Waals surface area contributed by atoms with E-state index in [4.69, 9.17) is 4.74 Å². The average molecular weight is 657 g/mol. The quantitative estimate of drug-likeness (QED) is 0.204. The normalized spacial score (nSPS) is 17.8. The van der Waals surface area contributed by atoms with E-state index in [0.717, 1.165) is 17.1 Å². The minimum Gasteiger partial charge on any atom is -0.457 e. The van der Waals surface area contributed by atoms with Crippen LogP contribution in [-0.2, 0) is 5.41 Å². The first-order valence-electron chi connectivity index (χ1n) is 17.7. The predicted octanol–water partition coefficient (Wildman–Crippen LogP) is 11.1. The Morgan fingerprint density at radius 1 is 0.490 bits per heavy atom. The summed E-state index contributed by atoms with van der Waals surface area (Å²) in [7, 11) is 2.19. The molecule has 10 rings (SSSR count). The van der Waals surface area contributed by atoms with Crippen LogP contribution in [0.1, 0.15) is 51.2 Å². The van der Waals surface area contributed by atoms with Gasteiger partial charge in [0.15, 0.2) is 0 Å². The van der Waals surface area contributed by atoms with Crippen molar-refractivity contribution in [2.75, 3.05) is 7.05 Å². The number of rotatable bonds is 4. The summed E-state index contributed by atoms with van der Waals surface area (Å²) in [6, 6.07) is 63.5. The molecule has 0 fully saturated rings. The summed E-state index contributed by atoms with van der Waals surface area (Å²) >= 11 is 0. The molecule has 1 N–H and O–H groups in total. The molecule has 1 spiro atoms. The molecule has 2 atom stereocenters. The smallest absolute Gasteiger partial charge is 0.132 e. The van der Waals surface area contributed by atoms with Crippen molar-refractivity contribution in [1.29, 1.82) is 0 Å². The Balaban J connectivity index is 1.10. The van der Waals surface area contributed by atoms with Crippen LogP contribution in [-0.4, -0.2) is 11.9 Å². The van der Waals surface area contributed by atoms with Gasteiger partial charge in [-0.25, -0.2) is 0 Å². The van der Waals surface area contributed by atoms with E-state index in [1.165, 1.54) is 61.3 Å². The van der Waals surface area contributed by atoms with Gasteiger partial charge in [0.05, 0.1) is 11.5 Å². The van der Waals surface area contributed by atoms with Crippen molar-refractivity contribution >= 4 is 5.70 Å². The van der Waals surface area contributed by atoms with Gasteiger partial charge in [0, 0.05) is 23.9 Å². The molecule has 0 amide bonds. The fourth-order valence-electron chi connectivity index (χ4n) is 8.73. The lowest BCUT2D eigenvalue weighted by Crippen LogP contribution is -2.41. The van der Waals surface area contributed by atoms with Crippen molar-refractivity contribution in [3.05, 3.63) is 221 Å². The summed E-state index contributed by atoms with van der Waals surface area (Å²) < 4.78 is 6.88. The summed E-state index contributed by atoms with van der Waals surface area (Å²) in [5.41, 5.74) is 14.2. The maximum atomic E-state index is 6.88. The minimum absolute atomic E-state index is 0.0220. The van der Waals surface area contributed by atoms with Crippen molar-refractivity contribution in [3.63, 3.8) is 0 Å². The fraction of sp³-hybridized carbons (Fsp3) is 0.0833. The molecule has 0 bridgehead atoms. The maximum Gasteiger partial charge on any atom is 0.132 e. The topological polar surface area (TPSA) is 24.5 Å². The van der Waals surface area contributed by atoms with Crippen LogP contribution in [0.25, 0.3) is 28.0 Å². The number of para-hydroxylation sites is 1. The maximum absolute atomic E-state index is 6.88. The van der Waals surface area contributed by atoms with Gasteiger partial charge in [-0.05, 0) is 68.3 Å². The summed E-state index contributed by atoms with van der Waals surface area (Å²) in [5.74, 6) is 1.80. The van der Waals surface area contributed by atoms with Crippen molar-refractivity contribution in [3.8, 4) is 33.8 Å². The van der Waals surface area contributed by atoms with Gasteiger partial charge in [0.2, 0.25) is 0 Å². The molecular weight excluding hydrogens is 621 g/mol. The van der Waals surface area contributed by atoms with Crippen LogP contribution in [0, 0.1) is 0 Å². The summed E-state index contributed by atoms with van der Waals surface area (Å²) in [4.78, 5) is 2.37. The fourth-order valence-corrected chi connectivity index (χ4v) is 8.73. The molecule has 3 heteroatoms. The zero-order chi connectivity index (χ0) is 33.9. The zero-order valence-corrected chi connectivity index (χ0v) is 28.3. The van der Waals surface area contributed by atoms with Gasteiger partial charge in [0.1, 0.15) is 17.7 Å². The molecule has 7 aromatic carbocycles. The van der Waals surface area contributed by atoms with Gasteiger partial charge in [-0.1, -0.05) is 164 Å². The first-order chi connectivity index (χ1) is 25.2. The highest BCUT2D eigenvalue weighted by molar-refractivity contribution is 5.88. The highest BCUT2D eigenvalue weighted by Gasteiger charge is 2.51. The third-order valence-electron chi connectivity index (χ3n) is 11.1. The molecule has 0 saturated heterocycles. The van der Waals surface area contributed by atoms with E-state index in [0.29, 0.717) is 0 Å². The molecule has 0 radical (unpaired) electrons. The van der Waals surface area contributed by atoms with Crippen LogP contribution < -0.4 is 10.1 Å². The second kappa shape index (κ2) is 11.7. The molecular formula is C48H36N2O. The van der Waals surface area contributed by atoms with Crippen LogP contribution in [0.4, 0.5) is 0 Å². The Morgan fingerprint density at radius 2 is 1.04 bits per heavy atom. The van der Waals surface area contributed by atoms with Gasteiger partial charge in [-0.2, -0.15) is 0 Å². The largest absolute Gasteiger partial charge is 0.457 e. The SMILES string of the molecule is CN1C(c2ccc(-c3ccccc3)cc2)=CC(c2ccccc2)NC1c1ccc2c(c1)Oc1ccccc1C21c2ccccc2-c2ccccc21. The van der Waals surface area contributed by atoms with Crippen LogP contribution in [0.15, 0.2) is 182 Å². The molecule has 51 heavy (non-hydrogen) atoms. The lowest BCUT2D eigenvalue weighted by molar-refractivity contribution is 0.262. The average Bonchev–Trinajstić information content (AvgIpc) is 3.49. The zero-order valence-electron chi connectivity index (χ0n) is 28.3. The number of nitrogens with zero attached hydrogens (tertiary/aromatic N) is 1. The van der Waals surface area contributed by atoms with Crippen molar-refractivity contribution in [2.24, 2.45) is 0 Å². The lowest BCUT2D eigenvalue weighted by Gasteiger charge is -2.42. The van der Waals surface area contributed by atoms with Gasteiger partial charge >= 0.3 is 0 Å². The molecule has 0 aromatic heterocycles. The van der Waals surface area contributed by atoms with E-state index < -0.39 is 5.41 Å². The van der Waals surface area contributed by atoms with Crippen LogP contribution in [0.2, 0.25) is 0 Å². The summed E-state index contributed by atoms with van der Waals surface area (Å²) in [5, 5.41) is 3.99. The highest BCUT2D eigenvalue weighted by atomic mass is 16.5. The number of benzene rings is 7. The third-order valence-corrected chi connectivity index (χ3v) is 11.1. The first-order valence-corrected chi connectivity index (χ1v) is 17.7. The van der Waals surface area contributed by atoms with Gasteiger partial charge < -0.3 is 9.64 Å². The van der Waals surface area contributed by atoms with E-state index in [1.54, 1.807) is 0 Å². The molecule has 244 valence electrons. The first kappa shape index (κ1) is 29.7. The Morgan fingerprint density at radius 3 is 1.75 bits per heavy atom. The van der Waals surface area contributed by atoms with Crippen LogP contribution in [0.3, 0.4) is 0 Å². The Kier molecular flexibility index (Phi) is 6.83. The standard InChI is InChI=1S/C48H36N2O/c1-50-44(35-26-24-33(25-27-35)32-14-4-2-5-15-32)31-43(34-16-6-3-7-17-34)49-47(50)36-28-29-42-46(30-36)51-45-23-13-12-22-41(45)48(42)39-20-10-8-18-37(39)38-19-9-11-21-40(38)48/h2-31,43,47,49H,1H3. The van der Waals surface area contributed by atoms with E-state index >= 15 is 0 Å². The Bertz CT molecular complexity index is 2400. The number of hydrogen-bond donors (Lipinski definition) is 1. The second-order valence-electron chi connectivity index (χ2n) is 13.8. The summed E-state index contributed by atoms with van der Waals surface area (Å²) in [6.07, 6.45) is 2.25. The molecule has 1 aliphatic carbocycles. The Labute approximate surface area is 299 Å². The van der Waals surface area contributed by atoms with Crippen LogP contribution >= 0.6 is 0 Å². The Hall–Kier alpha value is -6.16. The number of fused-ring (bicyclic) bond motifs is 9. The molecule has 3 aliphatic rings. The molecule has 2 unspecified atom stereocenters. The minimum atomic E-state index is -0.472. The van der Waals surface area contributed by atoms with Crippen molar-refractivity contribution < 1.29 is 4.74 Å². The van der Waals surface area contributed by atoms with Gasteiger partial charge in [-0.15, -0.1) is 0 Å². The number of ether oxygens (including phenoxy) is 1. The van der Waals surface area contributed by atoms with Crippen LogP contribution in [0.5, 0.6) is 11.5 Å². The lowest BCUT2D eigenvalue weighted by atomic mass is 9.66. The van der Waals surface area contributed by atoms with E-state index in [-0.39, 0.29) is 12.2 Å². The number of hydrogen-bond acceptors (Lipinski definition) is 3. The molecule has 2 heterocycles. The molecule has 2 aliphatic heterocycles. The molecule has 0 saturated carbocycles. The monoisotopic (exact) mass is 656 g/mol. The molecule has 3 nitrogen and oxygen atoms in total. The highest BCUT2D eigenvalue weighted by Crippen LogP contribution is 2.62. The van der Waals surface area contributed by atoms with Crippen molar-refractivity contribution in [1.82, 2.24) is 10.2 Å². The summed E-state index contributed by atoms with van der Waals surface area (Å²) in [6.45, 7) is 0. The van der Waals surface area contributed by atoms with Gasteiger partial charge in [0.25, 0.3) is 0 Å². The number of nitrogens with one attached hydrogen (secondary N) is 1. The van der Waals surface area contributed by atoms with E-state index in [1.807, 2.05) is 0 Å².